The number of hydrogen-bond donors (Lipinski definition) is 0. The first-order valence-electron chi connectivity index (χ1n) is 7.88. The van der Waals surface area contributed by atoms with Crippen molar-refractivity contribution in [2.45, 2.75) is 20.4 Å². The number of carbonyl (C=O) groups is 1. The van der Waals surface area contributed by atoms with Gasteiger partial charge in [-0.15, -0.1) is 6.42 Å². The minimum atomic E-state index is -0.338. The van der Waals surface area contributed by atoms with Gasteiger partial charge in [-0.25, -0.2) is 0 Å². The zero-order valence-corrected chi connectivity index (χ0v) is 15.0. The number of benzene rings is 2. The highest BCUT2D eigenvalue weighted by Gasteiger charge is 2.09. The molecule has 1 amide bonds. The summed E-state index contributed by atoms with van der Waals surface area (Å²) in [6.07, 6.45) is 5.50. The van der Waals surface area contributed by atoms with Gasteiger partial charge in [0.1, 0.15) is 5.75 Å². The van der Waals surface area contributed by atoms with Crippen LogP contribution in [0, 0.1) is 26.2 Å². The van der Waals surface area contributed by atoms with Gasteiger partial charge in [-0.3, -0.25) is 4.79 Å². The van der Waals surface area contributed by atoms with Gasteiger partial charge in [0.25, 0.3) is 5.91 Å². The normalized spacial score (nSPS) is 11.5. The number of ether oxygens (including phenoxy) is 1. The van der Waals surface area contributed by atoms with E-state index in [1.807, 2.05) is 22.8 Å². The fourth-order valence-corrected chi connectivity index (χ4v) is 3.58. The number of thiazole rings is 1. The van der Waals surface area contributed by atoms with Gasteiger partial charge >= 0.3 is 0 Å². The Morgan fingerprint density at radius 3 is 2.68 bits per heavy atom. The number of fused-ring (bicyclic) bond motifs is 1. The van der Waals surface area contributed by atoms with Crippen molar-refractivity contribution in [2.75, 3.05) is 6.61 Å². The van der Waals surface area contributed by atoms with Gasteiger partial charge in [-0.2, -0.15) is 4.99 Å². The second-order valence-electron chi connectivity index (χ2n) is 5.69. The Hall–Kier alpha value is -2.84. The highest BCUT2D eigenvalue weighted by atomic mass is 32.1. The Bertz CT molecular complexity index is 1020. The third-order valence-corrected chi connectivity index (χ3v) is 4.91. The van der Waals surface area contributed by atoms with Crippen LogP contribution in [-0.2, 0) is 11.3 Å². The summed E-state index contributed by atoms with van der Waals surface area (Å²) in [6.45, 7) is 4.39. The van der Waals surface area contributed by atoms with E-state index in [1.165, 1.54) is 22.5 Å². The summed E-state index contributed by atoms with van der Waals surface area (Å²) >= 11 is 1.46. The standard InChI is InChI=1S/C20H18N2O2S/c1-4-10-22-17-11-14(2)15(3)12-18(17)25-20(22)21-19(23)13-24-16-8-6-5-7-9-16/h1,5-9,11-12H,10,13H2,2-3H3. The van der Waals surface area contributed by atoms with Crippen molar-refractivity contribution < 1.29 is 9.53 Å². The molecule has 5 heteroatoms. The Morgan fingerprint density at radius 1 is 1.24 bits per heavy atom. The number of terminal acetylenes is 1. The second kappa shape index (κ2) is 7.37. The summed E-state index contributed by atoms with van der Waals surface area (Å²) in [4.78, 5) is 17.0. The van der Waals surface area contributed by atoms with Crippen LogP contribution in [-0.4, -0.2) is 17.1 Å². The molecular formula is C20H18N2O2S. The molecule has 0 saturated heterocycles. The maximum Gasteiger partial charge on any atom is 0.286 e. The fourth-order valence-electron chi connectivity index (χ4n) is 2.45. The maximum absolute atomic E-state index is 12.2. The molecule has 0 atom stereocenters. The summed E-state index contributed by atoms with van der Waals surface area (Å²) in [7, 11) is 0. The molecule has 1 aromatic heterocycles. The van der Waals surface area contributed by atoms with Crippen molar-refractivity contribution >= 4 is 27.5 Å². The first-order valence-corrected chi connectivity index (χ1v) is 8.69. The zero-order valence-electron chi connectivity index (χ0n) is 14.2. The molecule has 25 heavy (non-hydrogen) atoms. The minimum absolute atomic E-state index is 0.105. The van der Waals surface area contributed by atoms with E-state index in [4.69, 9.17) is 11.2 Å². The topological polar surface area (TPSA) is 43.6 Å². The van der Waals surface area contributed by atoms with E-state index >= 15 is 0 Å². The molecule has 0 unspecified atom stereocenters. The van der Waals surface area contributed by atoms with E-state index in [2.05, 4.69) is 36.9 Å². The number of amides is 1. The highest BCUT2D eigenvalue weighted by molar-refractivity contribution is 7.16. The van der Waals surface area contributed by atoms with Crippen molar-refractivity contribution in [3.05, 3.63) is 58.4 Å². The van der Waals surface area contributed by atoms with Gasteiger partial charge < -0.3 is 9.30 Å². The molecule has 0 radical (unpaired) electrons. The lowest BCUT2D eigenvalue weighted by Crippen LogP contribution is -2.19. The molecule has 3 aromatic rings. The van der Waals surface area contributed by atoms with Crippen LogP contribution in [0.4, 0.5) is 0 Å². The molecule has 0 aliphatic heterocycles. The molecule has 4 nitrogen and oxygen atoms in total. The Labute approximate surface area is 150 Å². The minimum Gasteiger partial charge on any atom is -0.484 e. The van der Waals surface area contributed by atoms with E-state index in [9.17, 15) is 4.79 Å². The molecular weight excluding hydrogens is 332 g/mol. The van der Waals surface area contributed by atoms with Crippen LogP contribution >= 0.6 is 11.3 Å². The number of carbonyl (C=O) groups excluding carboxylic acids is 1. The monoisotopic (exact) mass is 350 g/mol. The molecule has 0 N–H and O–H groups in total. The molecule has 0 bridgehead atoms. The van der Waals surface area contributed by atoms with Crippen molar-refractivity contribution in [2.24, 2.45) is 4.99 Å². The molecule has 2 aromatic carbocycles. The lowest BCUT2D eigenvalue weighted by Gasteiger charge is -2.04. The summed E-state index contributed by atoms with van der Waals surface area (Å²) in [5.41, 5.74) is 3.38. The lowest BCUT2D eigenvalue weighted by molar-refractivity contribution is -0.120. The number of aryl methyl sites for hydroxylation is 2. The molecule has 3 rings (SSSR count). The number of rotatable bonds is 4. The van der Waals surface area contributed by atoms with Crippen molar-refractivity contribution in [3.8, 4) is 18.1 Å². The van der Waals surface area contributed by atoms with Gasteiger partial charge in [0, 0.05) is 0 Å². The first-order chi connectivity index (χ1) is 12.1. The molecule has 1 heterocycles. The number of nitrogens with zero attached hydrogens (tertiary/aromatic N) is 2. The fraction of sp³-hybridized carbons (Fsp3) is 0.200. The quantitative estimate of drug-likeness (QED) is 0.677. The van der Waals surface area contributed by atoms with Crippen molar-refractivity contribution in [3.63, 3.8) is 0 Å². The average Bonchev–Trinajstić information content (AvgIpc) is 2.91. The number of aromatic nitrogens is 1. The average molecular weight is 350 g/mol. The summed E-state index contributed by atoms with van der Waals surface area (Å²) < 4.78 is 8.42. The maximum atomic E-state index is 12.2. The lowest BCUT2D eigenvalue weighted by atomic mass is 10.1. The highest BCUT2D eigenvalue weighted by Crippen LogP contribution is 2.21. The molecule has 0 saturated carbocycles. The molecule has 0 aliphatic rings. The number of hydrogen-bond acceptors (Lipinski definition) is 3. The van der Waals surface area contributed by atoms with Crippen LogP contribution in [0.15, 0.2) is 47.5 Å². The zero-order chi connectivity index (χ0) is 17.8. The van der Waals surface area contributed by atoms with E-state index in [0.29, 0.717) is 17.1 Å². The van der Waals surface area contributed by atoms with E-state index < -0.39 is 0 Å². The van der Waals surface area contributed by atoms with E-state index in [1.54, 1.807) is 12.1 Å². The molecule has 0 aliphatic carbocycles. The van der Waals surface area contributed by atoms with E-state index in [-0.39, 0.29) is 12.5 Å². The Balaban J connectivity index is 1.93. The van der Waals surface area contributed by atoms with Gasteiger partial charge in [0.15, 0.2) is 11.4 Å². The Kier molecular flexibility index (Phi) is 5.01. The largest absolute Gasteiger partial charge is 0.484 e. The van der Waals surface area contributed by atoms with E-state index in [0.717, 1.165) is 10.2 Å². The molecule has 0 fully saturated rings. The summed E-state index contributed by atoms with van der Waals surface area (Å²) in [5, 5.41) is 0. The van der Waals surface area contributed by atoms with Crippen LogP contribution in [0.1, 0.15) is 11.1 Å². The van der Waals surface area contributed by atoms with Crippen molar-refractivity contribution in [1.82, 2.24) is 4.57 Å². The van der Waals surface area contributed by atoms with Crippen LogP contribution in [0.2, 0.25) is 0 Å². The molecule has 0 spiro atoms. The Morgan fingerprint density at radius 2 is 1.96 bits per heavy atom. The van der Waals surface area contributed by atoms with Crippen LogP contribution in [0.5, 0.6) is 5.75 Å². The summed E-state index contributed by atoms with van der Waals surface area (Å²) in [5.74, 6) is 2.94. The van der Waals surface area contributed by atoms with Gasteiger partial charge in [0.05, 0.1) is 16.8 Å². The summed E-state index contributed by atoms with van der Waals surface area (Å²) in [6, 6.07) is 13.4. The predicted molar refractivity (Wildman–Crippen MR) is 101 cm³/mol. The van der Waals surface area contributed by atoms with Gasteiger partial charge in [-0.1, -0.05) is 35.5 Å². The third-order valence-electron chi connectivity index (χ3n) is 3.87. The van der Waals surface area contributed by atoms with Gasteiger partial charge in [-0.05, 0) is 49.2 Å². The van der Waals surface area contributed by atoms with Crippen LogP contribution in [0.25, 0.3) is 10.2 Å². The second-order valence-corrected chi connectivity index (χ2v) is 6.70. The molecule has 126 valence electrons. The van der Waals surface area contributed by atoms with Crippen LogP contribution in [0.3, 0.4) is 0 Å². The SMILES string of the molecule is C#CCn1c(=NC(=O)COc2ccccc2)sc2cc(C)c(C)cc21. The smallest absolute Gasteiger partial charge is 0.286 e. The first kappa shape index (κ1) is 17.0. The van der Waals surface area contributed by atoms with Crippen molar-refractivity contribution in [1.29, 1.82) is 0 Å². The number of para-hydroxylation sites is 1. The van der Waals surface area contributed by atoms with Gasteiger partial charge in [0.2, 0.25) is 0 Å². The third kappa shape index (κ3) is 3.81. The predicted octanol–water partition coefficient (Wildman–Crippen LogP) is 3.46. The van der Waals surface area contributed by atoms with Crippen LogP contribution < -0.4 is 9.54 Å².